The molecule has 0 saturated carbocycles. The van der Waals surface area contributed by atoms with Gasteiger partial charge in [0, 0.05) is 45.1 Å². The molecule has 0 bridgehead atoms. The fraction of sp³-hybridized carbons (Fsp3) is 0. The Bertz CT molecular complexity index is 2100. The third-order valence-electron chi connectivity index (χ3n) is 7.34. The predicted molar refractivity (Wildman–Crippen MR) is 155 cm³/mol. The number of para-hydroxylation sites is 3. The van der Waals surface area contributed by atoms with Crippen LogP contribution in [0.1, 0.15) is 0 Å². The fourth-order valence-electron chi connectivity index (χ4n) is 5.71. The zero-order valence-electron chi connectivity index (χ0n) is 20.4. The molecule has 0 aliphatic carbocycles. The van der Waals surface area contributed by atoms with Crippen LogP contribution in [-0.4, -0.2) is 14.5 Å². The predicted octanol–water partition coefficient (Wildman–Crippen LogP) is 8.81. The number of hydrogen-bond donors (Lipinski definition) is 0. The summed E-state index contributed by atoms with van der Waals surface area (Å²) in [5, 5.41) is 4.59. The van der Waals surface area contributed by atoms with E-state index in [1.54, 1.807) is 0 Å². The lowest BCUT2D eigenvalue weighted by atomic mass is 9.98. The molecule has 0 atom stereocenters. The highest BCUT2D eigenvalue weighted by atomic mass is 16.3. The summed E-state index contributed by atoms with van der Waals surface area (Å²) in [7, 11) is 0. The Morgan fingerprint density at radius 3 is 1.84 bits per heavy atom. The highest BCUT2D eigenvalue weighted by molar-refractivity contribution is 6.11. The monoisotopic (exact) mass is 487 g/mol. The molecule has 8 rings (SSSR count). The van der Waals surface area contributed by atoms with Crippen LogP contribution in [0.5, 0.6) is 0 Å². The van der Waals surface area contributed by atoms with E-state index in [-0.39, 0.29) is 0 Å². The Morgan fingerprint density at radius 2 is 1.08 bits per heavy atom. The molecule has 4 nitrogen and oxygen atoms in total. The third kappa shape index (κ3) is 2.98. The van der Waals surface area contributed by atoms with Gasteiger partial charge in [-0.3, -0.25) is 9.97 Å². The van der Waals surface area contributed by atoms with Gasteiger partial charge in [-0.15, -0.1) is 0 Å². The summed E-state index contributed by atoms with van der Waals surface area (Å²) in [4.78, 5) is 9.77. The van der Waals surface area contributed by atoms with Gasteiger partial charge in [-0.2, -0.15) is 0 Å². The maximum atomic E-state index is 6.36. The minimum atomic E-state index is 0.787. The number of benzene rings is 4. The number of hydrogen-bond acceptors (Lipinski definition) is 3. The van der Waals surface area contributed by atoms with Gasteiger partial charge in [-0.1, -0.05) is 78.9 Å². The van der Waals surface area contributed by atoms with E-state index in [1.807, 2.05) is 48.8 Å². The van der Waals surface area contributed by atoms with Crippen LogP contribution in [0.15, 0.2) is 132 Å². The van der Waals surface area contributed by atoms with Crippen LogP contribution in [0.3, 0.4) is 0 Å². The van der Waals surface area contributed by atoms with E-state index in [0.717, 1.165) is 61.2 Å². The second-order valence-corrected chi connectivity index (χ2v) is 9.42. The molecule has 0 amide bonds. The molecule has 4 heterocycles. The molecule has 0 unspecified atom stereocenters. The Hall–Kier alpha value is -5.22. The lowest BCUT2D eigenvalue weighted by Gasteiger charge is -2.15. The van der Waals surface area contributed by atoms with Crippen LogP contribution in [-0.2, 0) is 0 Å². The van der Waals surface area contributed by atoms with E-state index >= 15 is 0 Å². The Morgan fingerprint density at radius 1 is 0.474 bits per heavy atom. The first-order valence-electron chi connectivity index (χ1n) is 12.7. The molecule has 178 valence electrons. The third-order valence-corrected chi connectivity index (χ3v) is 7.34. The van der Waals surface area contributed by atoms with Gasteiger partial charge in [0.05, 0.1) is 22.4 Å². The molecule has 8 aromatic rings. The maximum absolute atomic E-state index is 6.36. The van der Waals surface area contributed by atoms with E-state index in [1.165, 1.54) is 10.8 Å². The highest BCUT2D eigenvalue weighted by Crippen LogP contribution is 2.41. The second kappa shape index (κ2) is 8.15. The Labute approximate surface area is 218 Å². The number of rotatable bonds is 3. The van der Waals surface area contributed by atoms with Gasteiger partial charge in [-0.25, -0.2) is 0 Å². The van der Waals surface area contributed by atoms with Crippen LogP contribution >= 0.6 is 0 Å². The minimum Gasteiger partial charge on any atom is -0.454 e. The lowest BCUT2D eigenvalue weighted by Crippen LogP contribution is -2.00. The van der Waals surface area contributed by atoms with Gasteiger partial charge in [0.2, 0.25) is 0 Å². The van der Waals surface area contributed by atoms with Gasteiger partial charge >= 0.3 is 0 Å². The van der Waals surface area contributed by atoms with Gasteiger partial charge in [0.15, 0.2) is 5.58 Å². The van der Waals surface area contributed by atoms with Crippen molar-refractivity contribution in [3.63, 3.8) is 0 Å². The van der Waals surface area contributed by atoms with Crippen molar-refractivity contribution in [3.05, 3.63) is 128 Å². The summed E-state index contributed by atoms with van der Waals surface area (Å²) in [5.41, 5.74) is 8.67. The summed E-state index contributed by atoms with van der Waals surface area (Å²) in [6, 6.07) is 39.7. The van der Waals surface area contributed by atoms with E-state index in [9.17, 15) is 0 Å². The summed E-state index contributed by atoms with van der Waals surface area (Å²) in [6.45, 7) is 0. The van der Waals surface area contributed by atoms with Crippen molar-refractivity contribution in [2.24, 2.45) is 0 Å². The standard InChI is InChI=1S/C34H21N3O/c1-2-14-26(33-34-27(19-21-36-33)24-12-5-8-18-31(24)38-34)25(13-1)32-30(17-9-20-35-32)37-28-15-6-3-10-22(28)23-11-4-7-16-29(23)37/h1-21H. The molecule has 0 N–H and O–H groups in total. The smallest absolute Gasteiger partial charge is 0.161 e. The summed E-state index contributed by atoms with van der Waals surface area (Å²) in [5.74, 6) is 0. The molecule has 0 aliphatic rings. The quantitative estimate of drug-likeness (QED) is 0.250. The SMILES string of the molecule is c1ccc(-c2nccc3c2oc2ccccc23)c(-c2ncccc2-n2c3ccccc3c3ccccc32)c1. The molecule has 4 aromatic carbocycles. The maximum Gasteiger partial charge on any atom is 0.161 e. The zero-order chi connectivity index (χ0) is 25.1. The molecule has 4 heteroatoms. The van der Waals surface area contributed by atoms with Crippen LogP contribution in [0.25, 0.3) is 71.9 Å². The molecular formula is C34H21N3O. The van der Waals surface area contributed by atoms with Gasteiger partial charge < -0.3 is 8.98 Å². The molecule has 4 aromatic heterocycles. The molecule has 38 heavy (non-hydrogen) atoms. The molecule has 0 saturated heterocycles. The number of fused-ring (bicyclic) bond motifs is 6. The summed E-state index contributed by atoms with van der Waals surface area (Å²) >= 11 is 0. The molecule has 0 spiro atoms. The topological polar surface area (TPSA) is 43.9 Å². The van der Waals surface area contributed by atoms with Crippen molar-refractivity contribution >= 4 is 43.7 Å². The van der Waals surface area contributed by atoms with Crippen LogP contribution in [0.4, 0.5) is 0 Å². The zero-order valence-corrected chi connectivity index (χ0v) is 20.4. The number of furan rings is 1. The van der Waals surface area contributed by atoms with E-state index in [2.05, 4.69) is 83.4 Å². The van der Waals surface area contributed by atoms with E-state index < -0.39 is 0 Å². The van der Waals surface area contributed by atoms with Crippen LogP contribution < -0.4 is 0 Å². The lowest BCUT2D eigenvalue weighted by molar-refractivity contribution is 0.668. The molecule has 0 aliphatic heterocycles. The molecular weight excluding hydrogens is 466 g/mol. The molecule has 0 fully saturated rings. The van der Waals surface area contributed by atoms with Crippen molar-refractivity contribution in [2.45, 2.75) is 0 Å². The minimum absolute atomic E-state index is 0.787. The largest absolute Gasteiger partial charge is 0.454 e. The van der Waals surface area contributed by atoms with Gasteiger partial charge in [0.25, 0.3) is 0 Å². The van der Waals surface area contributed by atoms with Crippen molar-refractivity contribution < 1.29 is 4.42 Å². The highest BCUT2D eigenvalue weighted by Gasteiger charge is 2.20. The Balaban J connectivity index is 1.43. The van der Waals surface area contributed by atoms with Crippen molar-refractivity contribution in [2.75, 3.05) is 0 Å². The van der Waals surface area contributed by atoms with Crippen molar-refractivity contribution in [3.8, 4) is 28.2 Å². The summed E-state index contributed by atoms with van der Waals surface area (Å²) in [6.07, 6.45) is 3.72. The van der Waals surface area contributed by atoms with Crippen molar-refractivity contribution in [1.29, 1.82) is 0 Å². The van der Waals surface area contributed by atoms with Gasteiger partial charge in [0.1, 0.15) is 11.3 Å². The second-order valence-electron chi connectivity index (χ2n) is 9.42. The fourth-order valence-corrected chi connectivity index (χ4v) is 5.71. The number of nitrogens with zero attached hydrogens (tertiary/aromatic N) is 3. The van der Waals surface area contributed by atoms with E-state index in [4.69, 9.17) is 14.4 Å². The molecule has 0 radical (unpaired) electrons. The number of aromatic nitrogens is 3. The van der Waals surface area contributed by atoms with Crippen LogP contribution in [0.2, 0.25) is 0 Å². The number of pyridine rings is 2. The average Bonchev–Trinajstić information content (AvgIpc) is 3.53. The normalized spacial score (nSPS) is 11.7. The van der Waals surface area contributed by atoms with Crippen LogP contribution in [0, 0.1) is 0 Å². The van der Waals surface area contributed by atoms with E-state index in [0.29, 0.717) is 0 Å². The van der Waals surface area contributed by atoms with Gasteiger partial charge in [-0.05, 0) is 36.4 Å². The summed E-state index contributed by atoms with van der Waals surface area (Å²) < 4.78 is 8.68. The first-order chi connectivity index (χ1) is 18.9. The average molecular weight is 488 g/mol. The first kappa shape index (κ1) is 20.9. The Kier molecular flexibility index (Phi) is 4.49. The first-order valence-corrected chi connectivity index (χ1v) is 12.7. The van der Waals surface area contributed by atoms with Crippen molar-refractivity contribution in [1.82, 2.24) is 14.5 Å².